The molecule has 2 aromatic rings. The van der Waals surface area contributed by atoms with Gasteiger partial charge in [-0.2, -0.15) is 10.1 Å². The van der Waals surface area contributed by atoms with Crippen molar-refractivity contribution >= 4 is 28.7 Å². The first-order valence-electron chi connectivity index (χ1n) is 6.41. The number of likely N-dealkylation sites (tertiary alicyclic amines) is 1. The second-order valence-corrected chi connectivity index (χ2v) is 5.35. The maximum Gasteiger partial charge on any atom is 0.407 e. The van der Waals surface area contributed by atoms with E-state index < -0.39 is 6.09 Å². The Morgan fingerprint density at radius 3 is 3.05 bits per heavy atom. The van der Waals surface area contributed by atoms with Crippen LogP contribution in [0.25, 0.3) is 11.0 Å². The Labute approximate surface area is 120 Å². The van der Waals surface area contributed by atoms with E-state index in [1.807, 2.05) is 6.92 Å². The molecule has 1 N–H and O–H groups in total. The number of halogens is 1. The number of fused-ring (bicyclic) bond motifs is 1. The zero-order chi connectivity index (χ0) is 14.3. The van der Waals surface area contributed by atoms with Crippen molar-refractivity contribution in [1.82, 2.24) is 24.6 Å². The predicted molar refractivity (Wildman–Crippen MR) is 72.7 cm³/mol. The molecule has 0 radical (unpaired) electrons. The van der Waals surface area contributed by atoms with E-state index in [1.165, 1.54) is 4.90 Å². The second kappa shape index (κ2) is 4.90. The summed E-state index contributed by atoms with van der Waals surface area (Å²) in [5.74, 6) is 0. The van der Waals surface area contributed by atoms with E-state index in [9.17, 15) is 9.90 Å². The number of rotatable bonds is 2. The summed E-state index contributed by atoms with van der Waals surface area (Å²) in [6.07, 6.45) is 4.08. The van der Waals surface area contributed by atoms with Gasteiger partial charge in [-0.25, -0.2) is 14.5 Å². The zero-order valence-electron chi connectivity index (χ0n) is 10.9. The molecule has 8 heteroatoms. The number of hydrogen-bond acceptors (Lipinski definition) is 4. The lowest BCUT2D eigenvalue weighted by Crippen LogP contribution is -2.41. The van der Waals surface area contributed by atoms with Gasteiger partial charge < -0.3 is 10.0 Å². The summed E-state index contributed by atoms with van der Waals surface area (Å²) in [5.41, 5.74) is 0.634. The van der Waals surface area contributed by atoms with Crippen LogP contribution < -0.4 is 0 Å². The fourth-order valence-corrected chi connectivity index (χ4v) is 2.90. The van der Waals surface area contributed by atoms with Crippen LogP contribution in [-0.2, 0) is 6.54 Å². The van der Waals surface area contributed by atoms with Gasteiger partial charge in [0.05, 0.1) is 24.2 Å². The van der Waals surface area contributed by atoms with Gasteiger partial charge in [-0.05, 0) is 31.4 Å². The maximum absolute atomic E-state index is 11.3. The first-order valence-corrected chi connectivity index (χ1v) is 6.79. The largest absolute Gasteiger partial charge is 0.465 e. The minimum absolute atomic E-state index is 0.0394. The van der Waals surface area contributed by atoms with Crippen molar-refractivity contribution in [2.45, 2.75) is 38.4 Å². The molecule has 106 valence electrons. The van der Waals surface area contributed by atoms with Crippen molar-refractivity contribution in [3.8, 4) is 0 Å². The zero-order valence-corrected chi connectivity index (χ0v) is 11.7. The third kappa shape index (κ3) is 2.18. The van der Waals surface area contributed by atoms with Gasteiger partial charge in [-0.1, -0.05) is 0 Å². The van der Waals surface area contributed by atoms with Gasteiger partial charge in [0.1, 0.15) is 0 Å². The Morgan fingerprint density at radius 1 is 1.50 bits per heavy atom. The lowest BCUT2D eigenvalue weighted by atomic mass is 10.2. The van der Waals surface area contributed by atoms with Crippen LogP contribution in [0.2, 0.25) is 5.28 Å². The monoisotopic (exact) mass is 295 g/mol. The van der Waals surface area contributed by atoms with Gasteiger partial charge in [0.15, 0.2) is 5.65 Å². The van der Waals surface area contributed by atoms with Gasteiger partial charge in [0, 0.05) is 12.2 Å². The smallest absolute Gasteiger partial charge is 0.407 e. The molecule has 1 saturated heterocycles. The molecule has 0 aliphatic carbocycles. The first-order chi connectivity index (χ1) is 9.56. The Kier molecular flexibility index (Phi) is 3.21. The fraction of sp³-hybridized carbons (Fsp3) is 0.500. The number of aromatic nitrogens is 4. The molecule has 0 unspecified atom stereocenters. The molecule has 0 saturated carbocycles. The van der Waals surface area contributed by atoms with Crippen LogP contribution in [-0.4, -0.2) is 47.9 Å². The average molecular weight is 296 g/mol. The Morgan fingerprint density at radius 2 is 2.30 bits per heavy atom. The molecule has 20 heavy (non-hydrogen) atoms. The summed E-state index contributed by atoms with van der Waals surface area (Å²) < 4.78 is 1.70. The van der Waals surface area contributed by atoms with Crippen molar-refractivity contribution < 1.29 is 9.90 Å². The summed E-state index contributed by atoms with van der Waals surface area (Å²) >= 11 is 5.80. The fourth-order valence-electron chi connectivity index (χ4n) is 2.77. The molecule has 3 heterocycles. The number of nitrogens with zero attached hydrogens (tertiary/aromatic N) is 5. The molecule has 0 spiro atoms. The van der Waals surface area contributed by atoms with Crippen LogP contribution in [0.1, 0.15) is 19.8 Å². The maximum atomic E-state index is 11.3. The third-order valence-corrected chi connectivity index (χ3v) is 3.92. The highest BCUT2D eigenvalue weighted by Crippen LogP contribution is 2.26. The van der Waals surface area contributed by atoms with Crippen LogP contribution in [0.15, 0.2) is 12.4 Å². The topological polar surface area (TPSA) is 84.1 Å². The van der Waals surface area contributed by atoms with Crippen molar-refractivity contribution in [3.63, 3.8) is 0 Å². The highest BCUT2D eigenvalue weighted by Gasteiger charge is 2.34. The lowest BCUT2D eigenvalue weighted by molar-refractivity contribution is 0.120. The van der Waals surface area contributed by atoms with E-state index in [0.717, 1.165) is 18.2 Å². The predicted octanol–water partition coefficient (Wildman–Crippen LogP) is 2.01. The highest BCUT2D eigenvalue weighted by atomic mass is 35.5. The highest BCUT2D eigenvalue weighted by molar-refractivity contribution is 6.28. The third-order valence-electron chi connectivity index (χ3n) is 3.74. The summed E-state index contributed by atoms with van der Waals surface area (Å²) in [5, 5.41) is 14.5. The number of carbonyl (C=O) groups is 1. The van der Waals surface area contributed by atoms with E-state index in [4.69, 9.17) is 11.6 Å². The second-order valence-electron chi connectivity index (χ2n) is 5.01. The van der Waals surface area contributed by atoms with Crippen molar-refractivity contribution in [1.29, 1.82) is 0 Å². The van der Waals surface area contributed by atoms with Gasteiger partial charge in [-0.3, -0.25) is 0 Å². The minimum atomic E-state index is -0.885. The van der Waals surface area contributed by atoms with Gasteiger partial charge in [-0.15, -0.1) is 0 Å². The molecule has 7 nitrogen and oxygen atoms in total. The van der Waals surface area contributed by atoms with Gasteiger partial charge >= 0.3 is 6.09 Å². The van der Waals surface area contributed by atoms with E-state index in [-0.39, 0.29) is 17.4 Å². The SMILES string of the molecule is C[C@H]1CC[C@@H](Cn2ncc3cnc(Cl)nc32)N1C(=O)O. The van der Waals surface area contributed by atoms with Crippen LogP contribution in [0.4, 0.5) is 4.79 Å². The van der Waals surface area contributed by atoms with Crippen LogP contribution in [0.3, 0.4) is 0 Å². The Balaban J connectivity index is 1.89. The Bertz CT molecular complexity index is 658. The van der Waals surface area contributed by atoms with Gasteiger partial charge in [0.25, 0.3) is 0 Å². The molecular formula is C12H14ClN5O2. The van der Waals surface area contributed by atoms with Crippen molar-refractivity contribution in [2.75, 3.05) is 0 Å². The number of carboxylic acid groups (broad SMARTS) is 1. The molecule has 1 fully saturated rings. The summed E-state index contributed by atoms with van der Waals surface area (Å²) in [6, 6.07) is -0.0446. The van der Waals surface area contributed by atoms with E-state index >= 15 is 0 Å². The van der Waals surface area contributed by atoms with Crippen LogP contribution in [0.5, 0.6) is 0 Å². The van der Waals surface area contributed by atoms with E-state index in [1.54, 1.807) is 17.1 Å². The minimum Gasteiger partial charge on any atom is -0.465 e. The normalized spacial score (nSPS) is 22.6. The average Bonchev–Trinajstić information content (AvgIpc) is 2.94. The van der Waals surface area contributed by atoms with Gasteiger partial charge in [0.2, 0.25) is 5.28 Å². The number of amides is 1. The van der Waals surface area contributed by atoms with E-state index in [0.29, 0.717) is 12.2 Å². The first kappa shape index (κ1) is 13.1. The van der Waals surface area contributed by atoms with E-state index in [2.05, 4.69) is 15.1 Å². The van der Waals surface area contributed by atoms with Crippen LogP contribution >= 0.6 is 11.6 Å². The van der Waals surface area contributed by atoms with Crippen molar-refractivity contribution in [2.24, 2.45) is 0 Å². The molecule has 1 aliphatic rings. The molecule has 0 aromatic carbocycles. The molecule has 1 amide bonds. The summed E-state index contributed by atoms with van der Waals surface area (Å²) in [7, 11) is 0. The van der Waals surface area contributed by atoms with Crippen molar-refractivity contribution in [3.05, 3.63) is 17.7 Å². The number of hydrogen-bond donors (Lipinski definition) is 1. The molecule has 2 aromatic heterocycles. The molecular weight excluding hydrogens is 282 g/mol. The molecule has 1 aliphatic heterocycles. The Hall–Kier alpha value is -1.89. The molecule has 0 bridgehead atoms. The van der Waals surface area contributed by atoms with Crippen LogP contribution in [0, 0.1) is 0 Å². The molecule has 3 rings (SSSR count). The standard InChI is InChI=1S/C12H14ClN5O2/c1-7-2-3-9(18(7)12(19)20)6-17-10-8(5-15-17)4-14-11(13)16-10/h4-5,7,9H,2-3,6H2,1H3,(H,19,20)/t7-,9-/m0/s1. The quantitative estimate of drug-likeness (QED) is 0.857. The lowest BCUT2D eigenvalue weighted by Gasteiger charge is -2.25. The molecule has 2 atom stereocenters. The summed E-state index contributed by atoms with van der Waals surface area (Å²) in [4.78, 5) is 20.9. The summed E-state index contributed by atoms with van der Waals surface area (Å²) in [6.45, 7) is 2.40.